The topological polar surface area (TPSA) is 46.9 Å². The molecule has 118 valence electrons. The smallest absolute Gasteiger partial charge is 0.220 e. The highest BCUT2D eigenvalue weighted by molar-refractivity contribution is 5.76. The fourth-order valence-electron chi connectivity index (χ4n) is 2.53. The van der Waals surface area contributed by atoms with Gasteiger partial charge in [0, 0.05) is 18.7 Å². The van der Waals surface area contributed by atoms with Crippen molar-refractivity contribution < 1.29 is 4.79 Å². The van der Waals surface area contributed by atoms with Crippen LogP contribution in [0.4, 0.5) is 0 Å². The van der Waals surface area contributed by atoms with Gasteiger partial charge in [0.25, 0.3) is 0 Å². The lowest BCUT2D eigenvalue weighted by Crippen LogP contribution is -2.28. The molecule has 0 spiro atoms. The maximum Gasteiger partial charge on any atom is 0.220 e. The van der Waals surface area contributed by atoms with E-state index in [-0.39, 0.29) is 5.91 Å². The summed E-state index contributed by atoms with van der Waals surface area (Å²) in [7, 11) is 0. The highest BCUT2D eigenvalue weighted by Crippen LogP contribution is 2.11. The zero-order valence-electron chi connectivity index (χ0n) is 13.9. The fourth-order valence-corrected chi connectivity index (χ4v) is 2.53. The van der Waals surface area contributed by atoms with Gasteiger partial charge in [0.15, 0.2) is 0 Å². The Morgan fingerprint density at radius 2 is 1.91 bits per heavy atom. The van der Waals surface area contributed by atoms with E-state index in [1.54, 1.807) is 0 Å². The average molecular weight is 299 g/mol. The van der Waals surface area contributed by atoms with E-state index in [9.17, 15) is 4.79 Å². The summed E-state index contributed by atoms with van der Waals surface area (Å²) < 4.78 is 1.96. The molecule has 2 rings (SSSR count). The number of benzene rings is 1. The lowest BCUT2D eigenvalue weighted by atomic mass is 10.0. The van der Waals surface area contributed by atoms with Gasteiger partial charge in [-0.05, 0) is 50.8 Å². The number of aryl methyl sites for hydroxylation is 3. The lowest BCUT2D eigenvalue weighted by Gasteiger charge is -2.08. The molecule has 4 nitrogen and oxygen atoms in total. The van der Waals surface area contributed by atoms with E-state index in [1.165, 1.54) is 22.4 Å². The van der Waals surface area contributed by atoms with Crippen LogP contribution in [0.5, 0.6) is 0 Å². The maximum absolute atomic E-state index is 11.9. The minimum absolute atomic E-state index is 0.0986. The van der Waals surface area contributed by atoms with Gasteiger partial charge in [0.05, 0.1) is 12.2 Å². The van der Waals surface area contributed by atoms with Gasteiger partial charge in [-0.2, -0.15) is 5.10 Å². The predicted octanol–water partition coefficient (Wildman–Crippen LogP) is 2.87. The van der Waals surface area contributed by atoms with E-state index in [4.69, 9.17) is 0 Å². The second-order valence-corrected chi connectivity index (χ2v) is 5.80. The zero-order valence-corrected chi connectivity index (χ0v) is 13.9. The fraction of sp³-hybridized carbons (Fsp3) is 0.444. The van der Waals surface area contributed by atoms with Crippen molar-refractivity contribution >= 4 is 5.91 Å². The molecule has 0 aliphatic rings. The van der Waals surface area contributed by atoms with Gasteiger partial charge in [-0.15, -0.1) is 0 Å². The minimum atomic E-state index is 0.0986. The molecule has 0 saturated carbocycles. The highest BCUT2D eigenvalue weighted by atomic mass is 16.1. The molecule has 1 heterocycles. The quantitative estimate of drug-likeness (QED) is 0.891. The van der Waals surface area contributed by atoms with Crippen molar-refractivity contribution in [3.05, 3.63) is 52.3 Å². The number of amides is 1. The number of carbonyl (C=O) groups is 1. The Bertz CT molecular complexity index is 658. The number of hydrogen-bond donors (Lipinski definition) is 1. The largest absolute Gasteiger partial charge is 0.354 e. The molecule has 0 saturated heterocycles. The Labute approximate surface area is 132 Å². The molecule has 22 heavy (non-hydrogen) atoms. The summed E-state index contributed by atoms with van der Waals surface area (Å²) in [5, 5.41) is 7.45. The SMILES string of the molecule is Cc1ccccc1CCC(=O)NCCn1nc(C)c(C)c1C. The summed E-state index contributed by atoms with van der Waals surface area (Å²) in [6, 6.07) is 8.21. The molecule has 1 amide bonds. The van der Waals surface area contributed by atoms with Crippen LogP contribution in [0.3, 0.4) is 0 Å². The number of hydrogen-bond acceptors (Lipinski definition) is 2. The molecule has 4 heteroatoms. The third-order valence-corrected chi connectivity index (χ3v) is 4.27. The van der Waals surface area contributed by atoms with E-state index in [0.717, 1.165) is 18.7 Å². The van der Waals surface area contributed by atoms with Crippen LogP contribution in [0, 0.1) is 27.7 Å². The summed E-state index contributed by atoms with van der Waals surface area (Å²) >= 11 is 0. The third-order valence-electron chi connectivity index (χ3n) is 4.27. The Morgan fingerprint density at radius 3 is 2.55 bits per heavy atom. The second-order valence-electron chi connectivity index (χ2n) is 5.80. The molecule has 0 atom stereocenters. The van der Waals surface area contributed by atoms with Crippen LogP contribution < -0.4 is 5.32 Å². The normalized spacial score (nSPS) is 10.7. The van der Waals surface area contributed by atoms with Gasteiger partial charge >= 0.3 is 0 Å². The summed E-state index contributed by atoms with van der Waals surface area (Å²) in [5.74, 6) is 0.0986. The van der Waals surface area contributed by atoms with E-state index < -0.39 is 0 Å². The monoisotopic (exact) mass is 299 g/mol. The molecule has 0 aliphatic heterocycles. The van der Waals surface area contributed by atoms with Gasteiger partial charge in [-0.25, -0.2) is 0 Å². The van der Waals surface area contributed by atoms with Gasteiger partial charge in [-0.3, -0.25) is 9.48 Å². The van der Waals surface area contributed by atoms with Crippen molar-refractivity contribution in [2.75, 3.05) is 6.54 Å². The molecule has 0 aliphatic carbocycles. The maximum atomic E-state index is 11.9. The van der Waals surface area contributed by atoms with Gasteiger partial charge in [-0.1, -0.05) is 24.3 Å². The molecule has 1 N–H and O–H groups in total. The van der Waals surface area contributed by atoms with Crippen molar-refractivity contribution in [2.24, 2.45) is 0 Å². The first-order valence-electron chi connectivity index (χ1n) is 7.81. The van der Waals surface area contributed by atoms with Crippen molar-refractivity contribution in [3.63, 3.8) is 0 Å². The number of rotatable bonds is 6. The molecular weight excluding hydrogens is 274 g/mol. The highest BCUT2D eigenvalue weighted by Gasteiger charge is 2.08. The Hall–Kier alpha value is -2.10. The summed E-state index contributed by atoms with van der Waals surface area (Å²) in [6.07, 6.45) is 1.32. The van der Waals surface area contributed by atoms with Crippen LogP contribution in [-0.4, -0.2) is 22.2 Å². The molecule has 0 radical (unpaired) electrons. The van der Waals surface area contributed by atoms with Crippen LogP contribution in [0.15, 0.2) is 24.3 Å². The van der Waals surface area contributed by atoms with E-state index in [0.29, 0.717) is 13.0 Å². The molecule has 1 aromatic heterocycles. The van der Waals surface area contributed by atoms with Crippen LogP contribution in [0.2, 0.25) is 0 Å². The van der Waals surface area contributed by atoms with E-state index in [2.05, 4.69) is 43.3 Å². The molecular formula is C18H25N3O. The summed E-state index contributed by atoms with van der Waals surface area (Å²) in [5.41, 5.74) is 5.95. The zero-order chi connectivity index (χ0) is 16.1. The molecule has 1 aromatic carbocycles. The van der Waals surface area contributed by atoms with Crippen molar-refractivity contribution in [1.29, 1.82) is 0 Å². The Balaban J connectivity index is 1.76. The molecule has 2 aromatic rings. The summed E-state index contributed by atoms with van der Waals surface area (Å²) in [6.45, 7) is 9.58. The predicted molar refractivity (Wildman–Crippen MR) is 88.9 cm³/mol. The standard InChI is InChI=1S/C18H25N3O/c1-13-7-5-6-8-17(13)9-10-18(22)19-11-12-21-16(4)14(2)15(3)20-21/h5-8H,9-12H2,1-4H3,(H,19,22). The molecule has 0 bridgehead atoms. The van der Waals surface area contributed by atoms with Gasteiger partial charge in [0.1, 0.15) is 0 Å². The third kappa shape index (κ3) is 3.97. The van der Waals surface area contributed by atoms with Crippen LogP contribution in [0.1, 0.15) is 34.5 Å². The molecule has 0 unspecified atom stereocenters. The minimum Gasteiger partial charge on any atom is -0.354 e. The van der Waals surface area contributed by atoms with Gasteiger partial charge in [0.2, 0.25) is 5.91 Å². The van der Waals surface area contributed by atoms with E-state index in [1.807, 2.05) is 23.7 Å². The lowest BCUT2D eigenvalue weighted by molar-refractivity contribution is -0.121. The number of nitrogens with one attached hydrogen (secondary N) is 1. The summed E-state index contributed by atoms with van der Waals surface area (Å²) in [4.78, 5) is 11.9. The Kier molecular flexibility index (Phi) is 5.36. The Morgan fingerprint density at radius 1 is 1.18 bits per heavy atom. The number of nitrogens with zero attached hydrogens (tertiary/aromatic N) is 2. The van der Waals surface area contributed by atoms with Crippen LogP contribution in [0.25, 0.3) is 0 Å². The first-order chi connectivity index (χ1) is 10.5. The average Bonchev–Trinajstić information content (AvgIpc) is 2.74. The number of carbonyl (C=O) groups excluding carboxylic acids is 1. The van der Waals surface area contributed by atoms with Crippen molar-refractivity contribution in [3.8, 4) is 0 Å². The van der Waals surface area contributed by atoms with Crippen LogP contribution in [-0.2, 0) is 17.8 Å². The van der Waals surface area contributed by atoms with E-state index >= 15 is 0 Å². The first-order valence-corrected chi connectivity index (χ1v) is 7.81. The van der Waals surface area contributed by atoms with Gasteiger partial charge < -0.3 is 5.32 Å². The molecule has 0 fully saturated rings. The second kappa shape index (κ2) is 7.25. The first kappa shape index (κ1) is 16.3. The van der Waals surface area contributed by atoms with Crippen LogP contribution >= 0.6 is 0 Å². The number of aromatic nitrogens is 2. The van der Waals surface area contributed by atoms with Crippen molar-refractivity contribution in [2.45, 2.75) is 47.1 Å². The van der Waals surface area contributed by atoms with Crippen molar-refractivity contribution in [1.82, 2.24) is 15.1 Å².